The molecule has 0 radical (unpaired) electrons. The summed E-state index contributed by atoms with van der Waals surface area (Å²) in [6.45, 7) is -0.192. The zero-order valence-electron chi connectivity index (χ0n) is 13.9. The van der Waals surface area contributed by atoms with Gasteiger partial charge in [0.2, 0.25) is 11.8 Å². The van der Waals surface area contributed by atoms with Crippen LogP contribution in [0.4, 0.5) is 5.69 Å². The van der Waals surface area contributed by atoms with Crippen molar-refractivity contribution in [3.8, 4) is 0 Å². The average Bonchev–Trinajstić information content (AvgIpc) is 3.12. The fourth-order valence-electron chi connectivity index (χ4n) is 1.98. The lowest BCUT2D eigenvalue weighted by Crippen LogP contribution is -2.39. The van der Waals surface area contributed by atoms with E-state index in [9.17, 15) is 18.0 Å². The summed E-state index contributed by atoms with van der Waals surface area (Å²) in [6, 6.07) is 10.2. The van der Waals surface area contributed by atoms with Crippen molar-refractivity contribution in [1.29, 1.82) is 0 Å². The molecule has 0 fully saturated rings. The molecule has 0 aliphatic rings. The van der Waals surface area contributed by atoms with Crippen molar-refractivity contribution in [2.75, 3.05) is 25.5 Å². The van der Waals surface area contributed by atoms with Gasteiger partial charge in [-0.2, -0.15) is 4.31 Å². The minimum absolute atomic E-state index is 0.0865. The maximum absolute atomic E-state index is 12.2. The van der Waals surface area contributed by atoms with Gasteiger partial charge < -0.3 is 10.6 Å². The summed E-state index contributed by atoms with van der Waals surface area (Å²) in [5, 5.41) is 6.91. The summed E-state index contributed by atoms with van der Waals surface area (Å²) < 4.78 is 26.5. The van der Waals surface area contributed by atoms with Crippen LogP contribution in [0.15, 0.2) is 50.5 Å². The first-order valence-electron chi connectivity index (χ1n) is 7.61. The van der Waals surface area contributed by atoms with E-state index in [1.807, 2.05) is 0 Å². The molecule has 2 rings (SSSR count). The van der Waals surface area contributed by atoms with Crippen molar-refractivity contribution in [3.05, 3.63) is 46.3 Å². The van der Waals surface area contributed by atoms with Crippen molar-refractivity contribution in [2.24, 2.45) is 0 Å². The number of carbonyl (C=O) groups excluding carboxylic acids is 2. The van der Waals surface area contributed by atoms with Crippen LogP contribution < -0.4 is 10.6 Å². The van der Waals surface area contributed by atoms with E-state index >= 15 is 0 Å². The first-order chi connectivity index (χ1) is 12.3. The Morgan fingerprint density at radius 1 is 1.15 bits per heavy atom. The van der Waals surface area contributed by atoms with Crippen molar-refractivity contribution in [1.82, 2.24) is 9.62 Å². The van der Waals surface area contributed by atoms with Crippen LogP contribution in [0.25, 0.3) is 0 Å². The number of thiophene rings is 1. The molecule has 0 saturated heterocycles. The van der Waals surface area contributed by atoms with Gasteiger partial charge in [-0.3, -0.25) is 9.59 Å². The van der Waals surface area contributed by atoms with Gasteiger partial charge >= 0.3 is 0 Å². The molecule has 2 aromatic rings. The number of hydrogen-bond donors (Lipinski definition) is 2. The van der Waals surface area contributed by atoms with E-state index < -0.39 is 15.9 Å². The van der Waals surface area contributed by atoms with Gasteiger partial charge in [-0.15, -0.1) is 11.3 Å². The number of likely N-dealkylation sites (N-methyl/N-ethyl adjacent to an activating group) is 1. The van der Waals surface area contributed by atoms with Gasteiger partial charge in [0.1, 0.15) is 4.21 Å². The van der Waals surface area contributed by atoms with Gasteiger partial charge in [-0.05, 0) is 35.7 Å². The summed E-state index contributed by atoms with van der Waals surface area (Å²) in [5.74, 6) is -0.712. The maximum Gasteiger partial charge on any atom is 0.252 e. The third-order valence-electron chi connectivity index (χ3n) is 3.33. The van der Waals surface area contributed by atoms with Crippen LogP contribution in [0, 0.1) is 0 Å². The first kappa shape index (κ1) is 20.6. The average molecular weight is 460 g/mol. The second-order valence-electron chi connectivity index (χ2n) is 5.35. The van der Waals surface area contributed by atoms with Gasteiger partial charge in [-0.1, -0.05) is 22.0 Å². The minimum atomic E-state index is -3.67. The lowest BCUT2D eigenvalue weighted by molar-refractivity contribution is -0.121. The zero-order chi connectivity index (χ0) is 19.2. The van der Waals surface area contributed by atoms with Crippen LogP contribution in [0.2, 0.25) is 0 Å². The predicted octanol–water partition coefficient (Wildman–Crippen LogP) is 2.28. The van der Waals surface area contributed by atoms with Gasteiger partial charge in [0, 0.05) is 30.2 Å². The van der Waals surface area contributed by atoms with E-state index in [0.717, 1.165) is 20.1 Å². The van der Waals surface area contributed by atoms with Crippen molar-refractivity contribution in [3.63, 3.8) is 0 Å². The molecule has 0 unspecified atom stereocenters. The number of hydrogen-bond acceptors (Lipinski definition) is 5. The molecule has 0 atom stereocenters. The Morgan fingerprint density at radius 3 is 2.46 bits per heavy atom. The molecule has 26 heavy (non-hydrogen) atoms. The molecule has 2 N–H and O–H groups in total. The van der Waals surface area contributed by atoms with Crippen molar-refractivity contribution < 1.29 is 18.0 Å². The summed E-state index contributed by atoms with van der Waals surface area (Å²) in [7, 11) is -2.33. The number of sulfonamides is 1. The molecule has 10 heteroatoms. The van der Waals surface area contributed by atoms with Crippen LogP contribution in [-0.4, -0.2) is 44.7 Å². The molecule has 1 aromatic heterocycles. The second kappa shape index (κ2) is 9.26. The topological polar surface area (TPSA) is 95.6 Å². The summed E-state index contributed by atoms with van der Waals surface area (Å²) in [5.41, 5.74) is 0.659. The highest BCUT2D eigenvalue weighted by Crippen LogP contribution is 2.19. The fourth-order valence-corrected chi connectivity index (χ4v) is 4.57. The number of halogens is 1. The molecule has 0 aliphatic carbocycles. The molecule has 1 heterocycles. The number of rotatable bonds is 8. The number of amides is 2. The van der Waals surface area contributed by atoms with Crippen LogP contribution in [0.3, 0.4) is 0 Å². The molecule has 0 spiro atoms. The largest absolute Gasteiger partial charge is 0.354 e. The Morgan fingerprint density at radius 2 is 1.85 bits per heavy atom. The smallest absolute Gasteiger partial charge is 0.252 e. The van der Waals surface area contributed by atoms with Crippen LogP contribution in [0.1, 0.15) is 6.42 Å². The third-order valence-corrected chi connectivity index (χ3v) is 7.03. The highest BCUT2D eigenvalue weighted by atomic mass is 79.9. The van der Waals surface area contributed by atoms with Crippen LogP contribution in [-0.2, 0) is 19.6 Å². The zero-order valence-corrected chi connectivity index (χ0v) is 17.2. The highest BCUT2D eigenvalue weighted by molar-refractivity contribution is 9.10. The molecule has 0 aliphatic heterocycles. The summed E-state index contributed by atoms with van der Waals surface area (Å²) in [4.78, 5) is 23.7. The SMILES string of the molecule is CN(CC(=O)NCCC(=O)Nc1ccc(Br)cc1)S(=O)(=O)c1cccs1. The lowest BCUT2D eigenvalue weighted by Gasteiger charge is -2.15. The van der Waals surface area contributed by atoms with E-state index in [2.05, 4.69) is 26.6 Å². The molecule has 140 valence electrons. The summed E-state index contributed by atoms with van der Waals surface area (Å²) >= 11 is 4.40. The van der Waals surface area contributed by atoms with Crippen LogP contribution >= 0.6 is 27.3 Å². The van der Waals surface area contributed by atoms with Gasteiger partial charge in [0.05, 0.1) is 6.54 Å². The Hall–Kier alpha value is -1.75. The fraction of sp³-hybridized carbons (Fsp3) is 0.250. The molecular weight excluding hydrogens is 442 g/mol. The molecular formula is C16H18BrN3O4S2. The number of anilines is 1. The molecule has 0 bridgehead atoms. The maximum atomic E-state index is 12.2. The van der Waals surface area contributed by atoms with Crippen molar-refractivity contribution in [2.45, 2.75) is 10.6 Å². The summed E-state index contributed by atoms with van der Waals surface area (Å²) in [6.07, 6.45) is 0.0865. The van der Waals surface area contributed by atoms with E-state index in [1.54, 1.807) is 35.7 Å². The Balaban J connectivity index is 1.74. The van der Waals surface area contributed by atoms with E-state index in [1.165, 1.54) is 13.1 Å². The molecule has 2 amide bonds. The third kappa shape index (κ3) is 5.90. The van der Waals surface area contributed by atoms with Gasteiger partial charge in [-0.25, -0.2) is 8.42 Å². The van der Waals surface area contributed by atoms with Gasteiger partial charge in [0.15, 0.2) is 0 Å². The minimum Gasteiger partial charge on any atom is -0.354 e. The monoisotopic (exact) mass is 459 g/mol. The Labute approximate surface area is 164 Å². The molecule has 0 saturated carbocycles. The highest BCUT2D eigenvalue weighted by Gasteiger charge is 2.23. The quantitative estimate of drug-likeness (QED) is 0.632. The van der Waals surface area contributed by atoms with E-state index in [0.29, 0.717) is 5.69 Å². The van der Waals surface area contributed by atoms with Gasteiger partial charge in [0.25, 0.3) is 10.0 Å². The van der Waals surface area contributed by atoms with E-state index in [4.69, 9.17) is 0 Å². The number of nitrogens with one attached hydrogen (secondary N) is 2. The number of nitrogens with zero attached hydrogens (tertiary/aromatic N) is 1. The van der Waals surface area contributed by atoms with Crippen molar-refractivity contribution >= 4 is 54.8 Å². The Bertz CT molecular complexity index is 852. The van der Waals surface area contributed by atoms with Crippen LogP contribution in [0.5, 0.6) is 0 Å². The molecule has 1 aromatic carbocycles. The molecule has 7 nitrogen and oxygen atoms in total. The first-order valence-corrected chi connectivity index (χ1v) is 10.7. The Kier molecular flexibility index (Phi) is 7.33. The number of carbonyl (C=O) groups is 2. The second-order valence-corrected chi connectivity index (χ2v) is 9.48. The number of benzene rings is 1. The normalized spacial score (nSPS) is 11.3. The standard InChI is InChI=1S/C16H18BrN3O4S2/c1-20(26(23,24)16-3-2-10-25-16)11-15(22)18-9-8-14(21)19-13-6-4-12(17)5-7-13/h2-7,10H,8-9,11H2,1H3,(H,18,22)(H,19,21). The van der Waals surface area contributed by atoms with E-state index in [-0.39, 0.29) is 29.6 Å². The predicted molar refractivity (Wildman–Crippen MR) is 105 cm³/mol. The lowest BCUT2D eigenvalue weighted by atomic mass is 10.3.